The zero-order valence-corrected chi connectivity index (χ0v) is 38.6. The van der Waals surface area contributed by atoms with Crippen molar-refractivity contribution in [3.05, 3.63) is 131 Å². The first-order valence-electron chi connectivity index (χ1n) is 20.3. The first-order chi connectivity index (χ1) is 26.2. The van der Waals surface area contributed by atoms with Gasteiger partial charge in [-0.15, -0.1) is 69.1 Å². The van der Waals surface area contributed by atoms with Gasteiger partial charge in [0, 0.05) is 9.52 Å². The van der Waals surface area contributed by atoms with Gasteiger partial charge in [-0.25, -0.2) is 0 Å². The second kappa shape index (κ2) is 20.8. The summed E-state index contributed by atoms with van der Waals surface area (Å²) in [4.78, 5) is 0. The Bertz CT molecular complexity index is 1860. The van der Waals surface area contributed by atoms with Crippen LogP contribution in [0.15, 0.2) is 109 Å². The molecule has 8 rings (SSSR count). The molecule has 0 atom stereocenters. The maximum absolute atomic E-state index is 4.93. The summed E-state index contributed by atoms with van der Waals surface area (Å²) >= 11 is -0.826. The zero-order valence-electron chi connectivity index (χ0n) is 33.6. The van der Waals surface area contributed by atoms with Gasteiger partial charge < -0.3 is 0 Å². The zero-order chi connectivity index (χ0) is 38.6. The molecule has 2 radical (unpaired) electrons. The fourth-order valence-electron chi connectivity index (χ4n) is 9.19. The van der Waals surface area contributed by atoms with Crippen LogP contribution >= 0.6 is 17.0 Å². The van der Waals surface area contributed by atoms with E-state index in [1.807, 2.05) is 0 Å². The molecule has 282 valence electrons. The number of benzene rings is 4. The molecular formula is C50H60Cl2SiZr. The third-order valence-corrected chi connectivity index (χ3v) is 12.3. The van der Waals surface area contributed by atoms with Gasteiger partial charge in [0.05, 0.1) is 0 Å². The fourth-order valence-corrected chi connectivity index (χ4v) is 9.19. The van der Waals surface area contributed by atoms with Crippen LogP contribution < -0.4 is 0 Å². The molecule has 0 amide bonds. The normalized spacial score (nSPS) is 15.4. The number of hydrogen-bond acceptors (Lipinski definition) is 0. The van der Waals surface area contributed by atoms with Crippen LogP contribution in [0.3, 0.4) is 0 Å². The van der Waals surface area contributed by atoms with E-state index in [0.29, 0.717) is 10.8 Å². The van der Waals surface area contributed by atoms with E-state index in [0.717, 1.165) is 9.52 Å². The average molecular weight is 851 g/mol. The fraction of sp³-hybridized carbons (Fsp3) is 0.400. The monoisotopic (exact) mass is 848 g/mol. The molecule has 0 unspecified atom stereocenters. The van der Waals surface area contributed by atoms with Gasteiger partial charge in [0.1, 0.15) is 0 Å². The van der Waals surface area contributed by atoms with Crippen LogP contribution in [-0.2, 0) is 33.7 Å². The number of fused-ring (bicyclic) bond motifs is 2. The molecule has 0 nitrogen and oxygen atoms in total. The minimum absolute atomic E-state index is 0.564. The second-order valence-corrected chi connectivity index (χ2v) is 20.9. The van der Waals surface area contributed by atoms with Crippen LogP contribution in [0.5, 0.6) is 0 Å². The predicted molar refractivity (Wildman–Crippen MR) is 238 cm³/mol. The van der Waals surface area contributed by atoms with Crippen molar-refractivity contribution in [1.82, 2.24) is 0 Å². The molecular weight excluding hydrogens is 791 g/mol. The minimum atomic E-state index is -0.826. The molecule has 6 aromatic rings. The van der Waals surface area contributed by atoms with E-state index in [2.05, 4.69) is 150 Å². The molecule has 54 heavy (non-hydrogen) atoms. The topological polar surface area (TPSA) is 0 Å². The number of halogens is 2. The van der Waals surface area contributed by atoms with Crippen LogP contribution in [0.25, 0.3) is 43.8 Å². The van der Waals surface area contributed by atoms with E-state index in [-0.39, 0.29) is 0 Å². The Morgan fingerprint density at radius 1 is 0.574 bits per heavy atom. The Hall–Kier alpha value is -2.22. The molecule has 0 N–H and O–H groups in total. The Morgan fingerprint density at radius 3 is 1.22 bits per heavy atom. The molecule has 2 aliphatic carbocycles. The van der Waals surface area contributed by atoms with Gasteiger partial charge in [-0.05, 0) is 74.3 Å². The summed E-state index contributed by atoms with van der Waals surface area (Å²) in [6.07, 6.45) is 16.5. The number of rotatable bonds is 8. The van der Waals surface area contributed by atoms with Gasteiger partial charge in [0.2, 0.25) is 0 Å². The van der Waals surface area contributed by atoms with Gasteiger partial charge in [-0.2, -0.15) is 12.1 Å². The predicted octanol–water partition coefficient (Wildman–Crippen LogP) is 16.3. The van der Waals surface area contributed by atoms with E-state index >= 15 is 0 Å². The summed E-state index contributed by atoms with van der Waals surface area (Å²) in [7, 11) is 11.0. The molecule has 2 saturated carbocycles. The van der Waals surface area contributed by atoms with E-state index in [1.165, 1.54) is 143 Å². The van der Waals surface area contributed by atoms with Crippen molar-refractivity contribution < 1.29 is 20.8 Å². The van der Waals surface area contributed by atoms with E-state index < -0.39 is 20.8 Å². The van der Waals surface area contributed by atoms with E-state index in [9.17, 15) is 0 Å². The van der Waals surface area contributed by atoms with Crippen molar-refractivity contribution in [3.8, 4) is 22.3 Å². The number of aryl methyl sites for hydroxylation is 2. The molecule has 0 spiro atoms. The van der Waals surface area contributed by atoms with Crippen molar-refractivity contribution in [2.75, 3.05) is 0 Å². The van der Waals surface area contributed by atoms with Gasteiger partial charge in [-0.1, -0.05) is 148 Å². The number of hydrogen-bond donors (Lipinski definition) is 0. The first-order valence-corrected chi connectivity index (χ1v) is 28.6. The summed E-state index contributed by atoms with van der Waals surface area (Å²) in [5, 5.41) is 5.63. The van der Waals surface area contributed by atoms with Gasteiger partial charge in [-0.3, -0.25) is 0 Å². The molecule has 0 aliphatic heterocycles. The quantitative estimate of drug-likeness (QED) is 0.106. The third-order valence-electron chi connectivity index (χ3n) is 12.3. The van der Waals surface area contributed by atoms with Gasteiger partial charge in [0.25, 0.3) is 0 Å². The molecule has 0 aromatic heterocycles. The molecule has 2 fully saturated rings. The molecule has 0 saturated heterocycles. The van der Waals surface area contributed by atoms with Crippen LogP contribution in [0.1, 0.15) is 100 Å². The summed E-state index contributed by atoms with van der Waals surface area (Å²) in [5.41, 5.74) is 12.2. The van der Waals surface area contributed by atoms with Crippen molar-refractivity contribution in [2.45, 2.75) is 118 Å². The van der Waals surface area contributed by atoms with Gasteiger partial charge >= 0.3 is 37.9 Å². The Morgan fingerprint density at radius 2 is 0.907 bits per heavy atom. The summed E-state index contributed by atoms with van der Waals surface area (Å²) in [5.74, 6) is 0. The first kappa shape index (κ1) is 42.9. The van der Waals surface area contributed by atoms with Crippen LogP contribution in [0.4, 0.5) is 0 Å². The Balaban J connectivity index is 0.000000182. The molecule has 0 heterocycles. The SMILES string of the molecule is CCC1(Cc2cc3c(-c4ccc(C)cc4)cccc3[cH-]2)CCCC1.CCC1(Cc2cc3c(-c4ccc(C)cc4)cccc3[cH-]2)CCCC1.C[Si]C.[Cl][Zr+2][Cl]. The van der Waals surface area contributed by atoms with Crippen LogP contribution in [0.2, 0.25) is 13.1 Å². The van der Waals surface area contributed by atoms with Gasteiger partial charge in [0.15, 0.2) is 0 Å². The summed E-state index contributed by atoms with van der Waals surface area (Å²) in [6.45, 7) is 13.4. The van der Waals surface area contributed by atoms with E-state index in [1.54, 1.807) is 0 Å². The average Bonchev–Trinajstić information content (AvgIpc) is 4.00. The van der Waals surface area contributed by atoms with Crippen molar-refractivity contribution in [1.29, 1.82) is 0 Å². The Kier molecular flexibility index (Phi) is 16.5. The maximum atomic E-state index is 4.93. The molecule has 6 aromatic carbocycles. The summed E-state index contributed by atoms with van der Waals surface area (Å²) in [6, 6.07) is 41.1. The van der Waals surface area contributed by atoms with Crippen molar-refractivity contribution >= 4 is 48.1 Å². The standard InChI is InChI=1S/2C24H27.C2H6Si.2ClH.Zr/c2*1-3-24(13-4-5-14-24)17-19-15-21-7-6-8-22(23(21)16-19)20-11-9-18(2)10-12-20;1-3-2;;;/h2*6-12,15-16H,3-5,13-14,17H2,1-2H3;1-2H3;2*1H;/q2*-1;;;;+4/p-2. The second-order valence-electron chi connectivity index (χ2n) is 16.1. The van der Waals surface area contributed by atoms with Crippen LogP contribution in [0, 0.1) is 24.7 Å². The molecule has 2 aliphatic rings. The third kappa shape index (κ3) is 11.0. The summed E-state index contributed by atoms with van der Waals surface area (Å²) < 4.78 is 0. The van der Waals surface area contributed by atoms with E-state index in [4.69, 9.17) is 17.0 Å². The van der Waals surface area contributed by atoms with Crippen molar-refractivity contribution in [3.63, 3.8) is 0 Å². The molecule has 4 heteroatoms. The van der Waals surface area contributed by atoms with Crippen LogP contribution in [-0.4, -0.2) is 9.52 Å². The Labute approximate surface area is 348 Å². The van der Waals surface area contributed by atoms with Crippen molar-refractivity contribution in [2.24, 2.45) is 10.8 Å². The molecule has 0 bridgehead atoms.